The molecular formula is C22H28O5. The van der Waals surface area contributed by atoms with Crippen LogP contribution in [0.1, 0.15) is 19.4 Å². The van der Waals surface area contributed by atoms with Crippen molar-refractivity contribution >= 4 is 0 Å². The lowest BCUT2D eigenvalue weighted by atomic mass is 9.85. The highest BCUT2D eigenvalue weighted by Gasteiger charge is 2.29. The van der Waals surface area contributed by atoms with Crippen molar-refractivity contribution in [1.82, 2.24) is 0 Å². The first-order chi connectivity index (χ1) is 15.7. The Morgan fingerprint density at radius 3 is 1.52 bits per heavy atom. The molecule has 1 aliphatic rings. The Balaban J connectivity index is 1.96. The molecule has 5 heteroatoms. The van der Waals surface area contributed by atoms with Gasteiger partial charge in [0, 0.05) is 0 Å². The second-order valence-corrected chi connectivity index (χ2v) is 6.31. The first-order valence-electron chi connectivity index (χ1n) is 11.7. The zero-order chi connectivity index (χ0) is 24.4. The monoisotopic (exact) mass is 378 g/mol. The Labute approximate surface area is 169 Å². The lowest BCUT2D eigenvalue weighted by Crippen LogP contribution is -2.17. The molecule has 2 aromatic rings. The molecule has 2 atom stereocenters. The summed E-state index contributed by atoms with van der Waals surface area (Å²) in [6, 6.07) is -0.464. The lowest BCUT2D eigenvalue weighted by molar-refractivity contribution is 0.180. The summed E-state index contributed by atoms with van der Waals surface area (Å²) >= 11 is 0. The van der Waals surface area contributed by atoms with E-state index in [2.05, 4.69) is 0 Å². The maximum atomic E-state index is 8.51. The number of rotatable bonds is 8. The van der Waals surface area contributed by atoms with Gasteiger partial charge >= 0.3 is 0 Å². The van der Waals surface area contributed by atoms with Crippen LogP contribution in [0.5, 0.6) is 23.0 Å². The average molecular weight is 378 g/mol. The van der Waals surface area contributed by atoms with Crippen LogP contribution < -0.4 is 18.9 Å². The third-order valence-electron chi connectivity index (χ3n) is 4.67. The molecule has 0 aliphatic carbocycles. The Bertz CT molecular complexity index is 964. The largest absolute Gasteiger partial charge is 0.493 e. The molecule has 0 saturated carbocycles. The summed E-state index contributed by atoms with van der Waals surface area (Å²) in [5, 5.41) is 0. The topological polar surface area (TPSA) is 46.2 Å². The van der Waals surface area contributed by atoms with Gasteiger partial charge in [0.1, 0.15) is 0 Å². The molecule has 1 aliphatic heterocycles. The van der Waals surface area contributed by atoms with Gasteiger partial charge in [0.25, 0.3) is 0 Å². The van der Waals surface area contributed by atoms with Crippen molar-refractivity contribution in [3.8, 4) is 23.0 Å². The van der Waals surface area contributed by atoms with Crippen molar-refractivity contribution in [2.24, 2.45) is 11.8 Å². The molecule has 5 nitrogen and oxygen atoms in total. The minimum Gasteiger partial charge on any atom is -0.493 e. The summed E-state index contributed by atoms with van der Waals surface area (Å²) < 4.78 is 76.9. The number of methoxy groups -OCH3 is 4. The zero-order valence-corrected chi connectivity index (χ0v) is 16.0. The second kappa shape index (κ2) is 9.00. The minimum atomic E-state index is -0.142. The Morgan fingerprint density at radius 1 is 0.741 bits per heavy atom. The van der Waals surface area contributed by atoms with E-state index in [0.29, 0.717) is 37.2 Å². The number of ether oxygens (including phenoxy) is 5. The Kier molecular flexibility index (Phi) is 4.30. The molecule has 3 rings (SSSR count). The molecule has 0 bridgehead atoms. The molecule has 2 unspecified atom stereocenters. The standard InChI is InChI=1S/C22H28O5/c1-23-19-7-5-15(11-21(19)25-3)9-17-13-27-14-18(17)10-16-6-8-20(24-2)22(12-16)26-4/h5-8,11-12,17-18H,9-10,13-14H2,1-4H3/i5D,6D,7D,8D,11D,12D. The van der Waals surface area contributed by atoms with Gasteiger partial charge in [0.05, 0.1) is 49.9 Å². The molecule has 0 amide bonds. The quantitative estimate of drug-likeness (QED) is 0.700. The van der Waals surface area contributed by atoms with E-state index in [0.717, 1.165) is 0 Å². The van der Waals surface area contributed by atoms with Crippen LogP contribution in [-0.4, -0.2) is 41.7 Å². The fourth-order valence-corrected chi connectivity index (χ4v) is 3.23. The van der Waals surface area contributed by atoms with Crippen LogP contribution in [0.25, 0.3) is 0 Å². The Morgan fingerprint density at radius 2 is 1.15 bits per heavy atom. The van der Waals surface area contributed by atoms with Gasteiger partial charge in [-0.1, -0.05) is 12.1 Å². The second-order valence-electron chi connectivity index (χ2n) is 6.31. The Hall–Kier alpha value is -2.40. The van der Waals surface area contributed by atoms with Gasteiger partial charge in [-0.25, -0.2) is 0 Å². The van der Waals surface area contributed by atoms with E-state index in [4.69, 9.17) is 31.9 Å². The first kappa shape index (κ1) is 12.9. The van der Waals surface area contributed by atoms with Crippen LogP contribution in [0.4, 0.5) is 0 Å². The molecule has 146 valence electrons. The van der Waals surface area contributed by atoms with Gasteiger partial charge in [-0.2, -0.15) is 0 Å². The molecule has 1 fully saturated rings. The molecule has 0 aromatic heterocycles. The van der Waals surface area contributed by atoms with Crippen molar-refractivity contribution in [2.45, 2.75) is 12.8 Å². The van der Waals surface area contributed by atoms with E-state index in [1.54, 1.807) is 0 Å². The predicted octanol–water partition coefficient (Wildman–Crippen LogP) is 3.77. The van der Waals surface area contributed by atoms with E-state index in [9.17, 15) is 0 Å². The highest BCUT2D eigenvalue weighted by Crippen LogP contribution is 2.34. The van der Waals surface area contributed by atoms with Gasteiger partial charge in [-0.3, -0.25) is 0 Å². The summed E-state index contributed by atoms with van der Waals surface area (Å²) in [5.41, 5.74) is 0.729. The van der Waals surface area contributed by atoms with E-state index < -0.39 is 0 Å². The van der Waals surface area contributed by atoms with Crippen LogP contribution in [-0.2, 0) is 17.6 Å². The van der Waals surface area contributed by atoms with Crippen LogP contribution in [0.3, 0.4) is 0 Å². The third-order valence-corrected chi connectivity index (χ3v) is 4.67. The molecule has 0 N–H and O–H groups in total. The SMILES string of the molecule is [2H]c1c([2H])c(OC)c(OC)c([2H])c1CC1COCC1Cc1c([2H])c([2H])c(OC)c(OC)c1[2H]. The molecule has 27 heavy (non-hydrogen) atoms. The summed E-state index contributed by atoms with van der Waals surface area (Å²) in [7, 11) is 5.53. The van der Waals surface area contributed by atoms with Crippen LogP contribution in [0.15, 0.2) is 36.3 Å². The highest BCUT2D eigenvalue weighted by atomic mass is 16.5. The van der Waals surface area contributed by atoms with Crippen LogP contribution in [0, 0.1) is 11.8 Å². The molecule has 0 radical (unpaired) electrons. The van der Waals surface area contributed by atoms with Gasteiger partial charge in [0.15, 0.2) is 23.0 Å². The molecule has 1 heterocycles. The van der Waals surface area contributed by atoms with Gasteiger partial charge in [-0.15, -0.1) is 0 Å². The van der Waals surface area contributed by atoms with Gasteiger partial charge in [0.2, 0.25) is 0 Å². The maximum Gasteiger partial charge on any atom is 0.160 e. The van der Waals surface area contributed by atoms with Crippen molar-refractivity contribution in [3.05, 3.63) is 47.4 Å². The fourth-order valence-electron chi connectivity index (χ4n) is 3.23. The number of hydrogen-bond acceptors (Lipinski definition) is 5. The smallest absolute Gasteiger partial charge is 0.160 e. The van der Waals surface area contributed by atoms with Crippen molar-refractivity contribution in [1.29, 1.82) is 0 Å². The third kappa shape index (κ3) is 4.48. The summed E-state index contributed by atoms with van der Waals surface area (Å²) in [6.07, 6.45) is 0.604. The normalized spacial score (nSPS) is 22.1. The van der Waals surface area contributed by atoms with Crippen LogP contribution >= 0.6 is 0 Å². The summed E-state index contributed by atoms with van der Waals surface area (Å²) in [5.74, 6) is 0.116. The van der Waals surface area contributed by atoms with E-state index in [-0.39, 0.29) is 71.1 Å². The molecule has 0 spiro atoms. The number of hydrogen-bond donors (Lipinski definition) is 0. The predicted molar refractivity (Wildman–Crippen MR) is 104 cm³/mol. The average Bonchev–Trinajstić information content (AvgIpc) is 3.25. The van der Waals surface area contributed by atoms with Gasteiger partial charge in [-0.05, 0) is 60.0 Å². The molecule has 1 saturated heterocycles. The lowest BCUT2D eigenvalue weighted by Gasteiger charge is -2.19. The van der Waals surface area contributed by atoms with Gasteiger partial charge < -0.3 is 23.7 Å². The summed E-state index contributed by atoms with van der Waals surface area (Å²) in [6.45, 7) is 0.764. The highest BCUT2D eigenvalue weighted by molar-refractivity contribution is 5.44. The maximum absolute atomic E-state index is 8.51. The van der Waals surface area contributed by atoms with E-state index >= 15 is 0 Å². The number of benzene rings is 2. The van der Waals surface area contributed by atoms with Crippen molar-refractivity contribution in [2.75, 3.05) is 41.7 Å². The molecule has 2 aromatic carbocycles. The fraction of sp³-hybridized carbons (Fsp3) is 0.455. The van der Waals surface area contributed by atoms with Crippen LogP contribution in [0.2, 0.25) is 0 Å². The van der Waals surface area contributed by atoms with E-state index in [1.807, 2.05) is 0 Å². The minimum absolute atomic E-state index is 0.00271. The first-order valence-corrected chi connectivity index (χ1v) is 8.70. The zero-order valence-electron chi connectivity index (χ0n) is 22.0. The summed E-state index contributed by atoms with van der Waals surface area (Å²) in [4.78, 5) is 0. The molecular weight excluding hydrogens is 344 g/mol. The van der Waals surface area contributed by atoms with Crippen molar-refractivity contribution < 1.29 is 31.9 Å². The van der Waals surface area contributed by atoms with E-state index in [1.165, 1.54) is 28.4 Å². The van der Waals surface area contributed by atoms with Crippen molar-refractivity contribution in [3.63, 3.8) is 0 Å².